The number of amides is 2. The maximum atomic E-state index is 12.6. The molecule has 2 heterocycles. The summed E-state index contributed by atoms with van der Waals surface area (Å²) in [6, 6.07) is 1.75. The number of nitrogens with two attached hydrogens (primary N) is 1. The van der Waals surface area contributed by atoms with E-state index in [1.165, 1.54) is 19.3 Å². The molecule has 2 fully saturated rings. The summed E-state index contributed by atoms with van der Waals surface area (Å²) in [7, 11) is 0. The lowest BCUT2D eigenvalue weighted by Crippen LogP contribution is -2.58. The summed E-state index contributed by atoms with van der Waals surface area (Å²) >= 11 is 0. The number of morpholine rings is 1. The van der Waals surface area contributed by atoms with E-state index in [-0.39, 0.29) is 24.8 Å². The van der Waals surface area contributed by atoms with Crippen molar-refractivity contribution in [3.8, 4) is 0 Å². The van der Waals surface area contributed by atoms with Crippen LogP contribution in [0.4, 0.5) is 0 Å². The predicted molar refractivity (Wildman–Crippen MR) is 81.8 cm³/mol. The van der Waals surface area contributed by atoms with Gasteiger partial charge in [0.2, 0.25) is 5.76 Å². The molecule has 1 aliphatic heterocycles. The molecule has 7 heteroatoms. The van der Waals surface area contributed by atoms with Crippen molar-refractivity contribution in [3.05, 3.63) is 17.5 Å². The summed E-state index contributed by atoms with van der Waals surface area (Å²) < 4.78 is 10.7. The highest BCUT2D eigenvalue weighted by molar-refractivity contribution is 5.92. The molecule has 3 rings (SSSR count). The van der Waals surface area contributed by atoms with Gasteiger partial charge in [-0.3, -0.25) is 9.59 Å². The summed E-state index contributed by atoms with van der Waals surface area (Å²) in [6.07, 6.45) is 5.84. The number of carbonyl (C=O) groups is 2. The van der Waals surface area contributed by atoms with Crippen LogP contribution >= 0.6 is 0 Å². The molecule has 1 aliphatic carbocycles. The Balaban J connectivity index is 1.70. The molecule has 1 saturated carbocycles. The van der Waals surface area contributed by atoms with Crippen molar-refractivity contribution in [3.63, 3.8) is 0 Å². The lowest BCUT2D eigenvalue weighted by atomic mass is 9.87. The quantitative estimate of drug-likeness (QED) is 0.908. The molecule has 23 heavy (non-hydrogen) atoms. The van der Waals surface area contributed by atoms with Gasteiger partial charge in [-0.15, -0.1) is 0 Å². The Morgan fingerprint density at radius 1 is 1.35 bits per heavy atom. The van der Waals surface area contributed by atoms with Gasteiger partial charge in [0.25, 0.3) is 11.8 Å². The van der Waals surface area contributed by atoms with Crippen molar-refractivity contribution >= 4 is 11.8 Å². The summed E-state index contributed by atoms with van der Waals surface area (Å²) in [4.78, 5) is 25.6. The molecule has 1 saturated heterocycles. The largest absolute Gasteiger partial charge is 0.367 e. The molecule has 0 aromatic carbocycles. The lowest BCUT2D eigenvalue weighted by Gasteiger charge is -2.37. The van der Waals surface area contributed by atoms with Crippen LogP contribution in [0.5, 0.6) is 0 Å². The molecule has 0 radical (unpaired) electrons. The van der Waals surface area contributed by atoms with E-state index in [9.17, 15) is 9.59 Å². The van der Waals surface area contributed by atoms with E-state index in [0.717, 1.165) is 18.5 Å². The normalized spacial score (nSPS) is 26.2. The second kappa shape index (κ2) is 6.31. The van der Waals surface area contributed by atoms with Crippen molar-refractivity contribution in [2.75, 3.05) is 19.7 Å². The Kier molecular flexibility index (Phi) is 4.39. The topological polar surface area (TPSA) is 98.7 Å². The first-order valence-corrected chi connectivity index (χ1v) is 8.19. The van der Waals surface area contributed by atoms with Crippen molar-refractivity contribution in [1.82, 2.24) is 10.1 Å². The van der Waals surface area contributed by atoms with Crippen LogP contribution in [-0.4, -0.2) is 47.2 Å². The van der Waals surface area contributed by atoms with E-state index in [0.29, 0.717) is 12.5 Å². The van der Waals surface area contributed by atoms with Gasteiger partial charge < -0.3 is 19.9 Å². The third-order valence-corrected chi connectivity index (χ3v) is 4.85. The molecule has 0 spiro atoms. The average molecular weight is 321 g/mol. The minimum absolute atomic E-state index is 0.126. The second-order valence-corrected chi connectivity index (χ2v) is 6.62. The third kappa shape index (κ3) is 3.24. The highest BCUT2D eigenvalue weighted by atomic mass is 16.5. The Labute approximate surface area is 135 Å². The SMILES string of the molecule is CC1(C(N)=O)CN(C(=O)c2cc(C3CCCCC3)no2)CCO1. The van der Waals surface area contributed by atoms with E-state index >= 15 is 0 Å². The highest BCUT2D eigenvalue weighted by Gasteiger charge is 2.40. The first-order chi connectivity index (χ1) is 11.0. The second-order valence-electron chi connectivity index (χ2n) is 6.62. The summed E-state index contributed by atoms with van der Waals surface area (Å²) in [5, 5.41) is 4.08. The van der Waals surface area contributed by atoms with Gasteiger partial charge in [-0.1, -0.05) is 24.4 Å². The molecule has 7 nitrogen and oxygen atoms in total. The van der Waals surface area contributed by atoms with E-state index in [2.05, 4.69) is 5.16 Å². The number of carbonyl (C=O) groups excluding carboxylic acids is 2. The zero-order valence-corrected chi connectivity index (χ0v) is 13.4. The minimum Gasteiger partial charge on any atom is -0.367 e. The van der Waals surface area contributed by atoms with Gasteiger partial charge in [-0.2, -0.15) is 0 Å². The van der Waals surface area contributed by atoms with E-state index in [1.54, 1.807) is 17.9 Å². The van der Waals surface area contributed by atoms with Gasteiger partial charge in [0.1, 0.15) is 0 Å². The zero-order chi connectivity index (χ0) is 16.4. The molecule has 126 valence electrons. The van der Waals surface area contributed by atoms with Crippen molar-refractivity contribution in [1.29, 1.82) is 0 Å². The number of primary amides is 1. The van der Waals surface area contributed by atoms with Gasteiger partial charge in [0.15, 0.2) is 5.60 Å². The van der Waals surface area contributed by atoms with Crippen LogP contribution in [-0.2, 0) is 9.53 Å². The summed E-state index contributed by atoms with van der Waals surface area (Å²) in [5.41, 5.74) is 5.07. The van der Waals surface area contributed by atoms with Gasteiger partial charge in [-0.25, -0.2) is 0 Å². The summed E-state index contributed by atoms with van der Waals surface area (Å²) in [5.74, 6) is -0.236. The van der Waals surface area contributed by atoms with Gasteiger partial charge in [0, 0.05) is 18.5 Å². The average Bonchev–Trinajstić information content (AvgIpc) is 3.05. The predicted octanol–water partition coefficient (Wildman–Crippen LogP) is 1.44. The van der Waals surface area contributed by atoms with E-state index in [4.69, 9.17) is 15.0 Å². The number of hydrogen-bond acceptors (Lipinski definition) is 5. The van der Waals surface area contributed by atoms with E-state index < -0.39 is 11.5 Å². The summed E-state index contributed by atoms with van der Waals surface area (Å²) in [6.45, 7) is 2.40. The van der Waals surface area contributed by atoms with Crippen LogP contribution in [0.1, 0.15) is 61.2 Å². The smallest absolute Gasteiger partial charge is 0.292 e. The van der Waals surface area contributed by atoms with Crippen LogP contribution in [0.15, 0.2) is 10.6 Å². The number of nitrogens with zero attached hydrogens (tertiary/aromatic N) is 2. The molecule has 2 N–H and O–H groups in total. The van der Waals surface area contributed by atoms with Gasteiger partial charge in [-0.05, 0) is 19.8 Å². The maximum Gasteiger partial charge on any atom is 0.292 e. The Hall–Kier alpha value is -1.89. The van der Waals surface area contributed by atoms with Gasteiger partial charge in [0.05, 0.1) is 18.8 Å². The van der Waals surface area contributed by atoms with Crippen LogP contribution < -0.4 is 5.73 Å². The van der Waals surface area contributed by atoms with Gasteiger partial charge >= 0.3 is 0 Å². The number of rotatable bonds is 3. The van der Waals surface area contributed by atoms with Crippen molar-refractivity contribution in [2.24, 2.45) is 5.73 Å². The Bertz CT molecular complexity index is 594. The van der Waals surface area contributed by atoms with Crippen LogP contribution in [0.25, 0.3) is 0 Å². The maximum absolute atomic E-state index is 12.6. The number of hydrogen-bond donors (Lipinski definition) is 1. The molecule has 1 aromatic rings. The standard InChI is InChI=1S/C16H23N3O4/c1-16(15(17)21)10-19(7-8-22-16)14(20)13-9-12(18-23-13)11-5-3-2-4-6-11/h9,11H,2-8,10H2,1H3,(H2,17,21). The molecular weight excluding hydrogens is 298 g/mol. The fraction of sp³-hybridized carbons (Fsp3) is 0.688. The lowest BCUT2D eigenvalue weighted by molar-refractivity contribution is -0.150. The fourth-order valence-electron chi connectivity index (χ4n) is 3.33. The third-order valence-electron chi connectivity index (χ3n) is 4.85. The first kappa shape index (κ1) is 16.0. The van der Waals surface area contributed by atoms with Crippen LogP contribution in [0, 0.1) is 0 Å². The molecule has 1 unspecified atom stereocenters. The molecule has 2 aliphatic rings. The van der Waals surface area contributed by atoms with Crippen LogP contribution in [0.2, 0.25) is 0 Å². The number of ether oxygens (including phenoxy) is 1. The number of aromatic nitrogens is 1. The molecule has 1 atom stereocenters. The highest BCUT2D eigenvalue weighted by Crippen LogP contribution is 2.32. The Morgan fingerprint density at radius 3 is 2.78 bits per heavy atom. The van der Waals surface area contributed by atoms with Crippen LogP contribution in [0.3, 0.4) is 0 Å². The minimum atomic E-state index is -1.15. The monoisotopic (exact) mass is 321 g/mol. The molecule has 0 bridgehead atoms. The first-order valence-electron chi connectivity index (χ1n) is 8.19. The molecular formula is C16H23N3O4. The van der Waals surface area contributed by atoms with Crippen molar-refractivity contribution < 1.29 is 18.8 Å². The Morgan fingerprint density at radius 2 is 2.09 bits per heavy atom. The van der Waals surface area contributed by atoms with Crippen molar-refractivity contribution in [2.45, 2.75) is 50.5 Å². The fourth-order valence-corrected chi connectivity index (χ4v) is 3.33. The zero-order valence-electron chi connectivity index (χ0n) is 13.4. The molecule has 1 aromatic heterocycles. The molecule has 2 amide bonds. The van der Waals surface area contributed by atoms with E-state index in [1.807, 2.05) is 0 Å².